The number of carbonyl (C=O) groups is 1. The number of aromatic nitrogens is 2. The summed E-state index contributed by atoms with van der Waals surface area (Å²) < 4.78 is 0. The molecule has 0 radical (unpaired) electrons. The van der Waals surface area contributed by atoms with E-state index in [4.69, 9.17) is 0 Å². The number of aromatic amines is 1. The molecule has 2 aromatic carbocycles. The maximum Gasteiger partial charge on any atom is 0.195 e. The molecule has 0 aliphatic carbocycles. The molecule has 0 saturated carbocycles. The number of aliphatic hydroxyl groups is 1. The van der Waals surface area contributed by atoms with Gasteiger partial charge in [0.15, 0.2) is 5.78 Å². The van der Waals surface area contributed by atoms with Gasteiger partial charge in [-0.25, -0.2) is 0 Å². The van der Waals surface area contributed by atoms with Crippen molar-refractivity contribution in [2.75, 3.05) is 0 Å². The van der Waals surface area contributed by atoms with E-state index >= 15 is 0 Å². The second-order valence-electron chi connectivity index (χ2n) is 4.31. The monoisotopic (exact) mass is 280 g/mol. The third-order valence-corrected chi connectivity index (χ3v) is 2.83. The molecule has 1 heterocycles. The summed E-state index contributed by atoms with van der Waals surface area (Å²) in [7, 11) is 0. The maximum atomic E-state index is 11.9. The molecule has 3 aromatic rings. The lowest BCUT2D eigenvalue weighted by molar-refractivity contribution is 0.0747. The second-order valence-corrected chi connectivity index (χ2v) is 4.31. The molecule has 0 spiro atoms. The summed E-state index contributed by atoms with van der Waals surface area (Å²) >= 11 is 0. The van der Waals surface area contributed by atoms with Gasteiger partial charge in [-0.3, -0.25) is 9.89 Å². The Morgan fingerprint density at radius 1 is 0.952 bits per heavy atom. The minimum absolute atomic E-state index is 0.271. The average molecular weight is 280 g/mol. The number of hydrogen-bond donors (Lipinski definition) is 2. The van der Waals surface area contributed by atoms with Crippen LogP contribution in [0.2, 0.25) is 0 Å². The number of Topliss-reactive ketones (excluding diaryl/α,β-unsaturated/α-hetero) is 1. The quantitative estimate of drug-likeness (QED) is 0.725. The predicted molar refractivity (Wildman–Crippen MR) is 80.8 cm³/mol. The van der Waals surface area contributed by atoms with Gasteiger partial charge in [-0.2, -0.15) is 5.10 Å². The van der Waals surface area contributed by atoms with Crippen molar-refractivity contribution in [1.82, 2.24) is 10.2 Å². The van der Waals surface area contributed by atoms with E-state index in [1.807, 2.05) is 18.2 Å². The fraction of sp³-hybridized carbons (Fsp3) is 0.0588. The molecule has 106 valence electrons. The van der Waals surface area contributed by atoms with Crippen LogP contribution < -0.4 is 0 Å². The zero-order valence-electron chi connectivity index (χ0n) is 11.4. The van der Waals surface area contributed by atoms with E-state index < -0.39 is 6.10 Å². The number of hydrogen-bond acceptors (Lipinski definition) is 3. The topological polar surface area (TPSA) is 66.0 Å². The molecule has 4 nitrogen and oxygen atoms in total. The fourth-order valence-corrected chi connectivity index (χ4v) is 1.76. The number of ketones is 1. The minimum atomic E-state index is -1.08. The molecular weight excluding hydrogens is 264 g/mol. The van der Waals surface area contributed by atoms with E-state index in [0.717, 1.165) is 0 Å². The van der Waals surface area contributed by atoms with Gasteiger partial charge < -0.3 is 5.11 Å². The normalized spacial score (nSPS) is 11.1. The summed E-state index contributed by atoms with van der Waals surface area (Å²) in [5.74, 6) is -0.271. The molecule has 0 bridgehead atoms. The third-order valence-electron chi connectivity index (χ3n) is 2.83. The molecule has 0 saturated heterocycles. The van der Waals surface area contributed by atoms with Crippen LogP contribution in [0.3, 0.4) is 0 Å². The van der Waals surface area contributed by atoms with Crippen molar-refractivity contribution in [1.29, 1.82) is 0 Å². The number of H-pyrrole nitrogens is 1. The van der Waals surface area contributed by atoms with Crippen LogP contribution in [0.25, 0.3) is 0 Å². The number of rotatable bonds is 3. The van der Waals surface area contributed by atoms with Crippen molar-refractivity contribution in [3.63, 3.8) is 0 Å². The highest BCUT2D eigenvalue weighted by Gasteiger charge is 2.18. The first-order valence-electron chi connectivity index (χ1n) is 6.55. The molecule has 1 unspecified atom stereocenters. The number of aliphatic hydroxyl groups excluding tert-OH is 1. The Morgan fingerprint density at radius 2 is 1.57 bits per heavy atom. The standard InChI is InChI=1S/C14H12O2.C3H4N2/c15-13(11-7-3-1-4-8-11)14(16)12-9-5-2-6-10-12;1-2-4-5-3-1/h1-10,13,15H;1-3H,(H,4,5). The Kier molecular flexibility index (Phi) is 5.43. The highest BCUT2D eigenvalue weighted by atomic mass is 16.3. The van der Waals surface area contributed by atoms with Gasteiger partial charge in [-0.1, -0.05) is 60.7 Å². The Morgan fingerprint density at radius 3 is 2.05 bits per heavy atom. The van der Waals surface area contributed by atoms with E-state index in [9.17, 15) is 9.90 Å². The predicted octanol–water partition coefficient (Wildman–Crippen LogP) is 3.01. The first-order valence-corrected chi connectivity index (χ1v) is 6.55. The molecule has 0 amide bonds. The molecule has 0 aliphatic rings. The second kappa shape index (κ2) is 7.77. The zero-order chi connectivity index (χ0) is 14.9. The van der Waals surface area contributed by atoms with Crippen molar-refractivity contribution >= 4 is 5.78 Å². The van der Waals surface area contributed by atoms with Crippen LogP contribution in [0.15, 0.2) is 79.1 Å². The zero-order valence-corrected chi connectivity index (χ0v) is 11.4. The maximum absolute atomic E-state index is 11.9. The SMILES string of the molecule is O=C(c1ccccc1)C(O)c1ccccc1.c1cn[nH]c1. The molecule has 0 fully saturated rings. The highest BCUT2D eigenvalue weighted by Crippen LogP contribution is 2.17. The Bertz CT molecular complexity index is 620. The minimum Gasteiger partial charge on any atom is -0.380 e. The van der Waals surface area contributed by atoms with Gasteiger partial charge in [-0.05, 0) is 11.6 Å². The van der Waals surface area contributed by atoms with Crippen LogP contribution in [0.1, 0.15) is 22.0 Å². The van der Waals surface area contributed by atoms with Gasteiger partial charge in [0.1, 0.15) is 6.10 Å². The highest BCUT2D eigenvalue weighted by molar-refractivity contribution is 5.99. The van der Waals surface area contributed by atoms with Crippen molar-refractivity contribution in [3.8, 4) is 0 Å². The lowest BCUT2D eigenvalue weighted by atomic mass is 10.0. The van der Waals surface area contributed by atoms with Gasteiger partial charge in [-0.15, -0.1) is 0 Å². The summed E-state index contributed by atoms with van der Waals surface area (Å²) in [4.78, 5) is 11.9. The molecule has 3 rings (SSSR count). The molecule has 1 aromatic heterocycles. The van der Waals surface area contributed by atoms with E-state index in [0.29, 0.717) is 11.1 Å². The Hall–Kier alpha value is -2.72. The number of carbonyl (C=O) groups excluding carboxylic acids is 1. The van der Waals surface area contributed by atoms with E-state index in [1.165, 1.54) is 0 Å². The molecule has 4 heteroatoms. The van der Waals surface area contributed by atoms with Crippen molar-refractivity contribution in [2.45, 2.75) is 6.10 Å². The van der Waals surface area contributed by atoms with E-state index in [2.05, 4.69) is 10.2 Å². The molecule has 1 atom stereocenters. The van der Waals surface area contributed by atoms with Gasteiger partial charge >= 0.3 is 0 Å². The van der Waals surface area contributed by atoms with Crippen LogP contribution >= 0.6 is 0 Å². The van der Waals surface area contributed by atoms with Crippen molar-refractivity contribution in [3.05, 3.63) is 90.3 Å². The number of benzene rings is 2. The van der Waals surface area contributed by atoms with Crippen LogP contribution in [0.5, 0.6) is 0 Å². The molecule has 21 heavy (non-hydrogen) atoms. The van der Waals surface area contributed by atoms with E-state index in [1.54, 1.807) is 60.9 Å². The van der Waals surface area contributed by atoms with Gasteiger partial charge in [0.05, 0.1) is 0 Å². The molecule has 0 aliphatic heterocycles. The van der Waals surface area contributed by atoms with Crippen LogP contribution in [-0.4, -0.2) is 21.1 Å². The lowest BCUT2D eigenvalue weighted by Gasteiger charge is -2.09. The van der Waals surface area contributed by atoms with Crippen LogP contribution in [0.4, 0.5) is 0 Å². The average Bonchev–Trinajstić information content (AvgIpc) is 3.15. The Labute approximate surface area is 123 Å². The van der Waals surface area contributed by atoms with Gasteiger partial charge in [0, 0.05) is 18.0 Å². The van der Waals surface area contributed by atoms with Crippen LogP contribution in [-0.2, 0) is 0 Å². The Balaban J connectivity index is 0.000000272. The summed E-state index contributed by atoms with van der Waals surface area (Å²) in [6.45, 7) is 0. The largest absolute Gasteiger partial charge is 0.380 e. The van der Waals surface area contributed by atoms with Gasteiger partial charge in [0.2, 0.25) is 0 Å². The number of nitrogens with one attached hydrogen (secondary N) is 1. The first-order chi connectivity index (χ1) is 10.3. The summed E-state index contributed by atoms with van der Waals surface area (Å²) in [5, 5.41) is 16.1. The lowest BCUT2D eigenvalue weighted by Crippen LogP contribution is -2.11. The smallest absolute Gasteiger partial charge is 0.195 e. The fourth-order valence-electron chi connectivity index (χ4n) is 1.76. The summed E-state index contributed by atoms with van der Waals surface area (Å²) in [6.07, 6.45) is 2.38. The molecular formula is C17H16N2O2. The van der Waals surface area contributed by atoms with Crippen molar-refractivity contribution < 1.29 is 9.90 Å². The molecule has 2 N–H and O–H groups in total. The summed E-state index contributed by atoms with van der Waals surface area (Å²) in [6, 6.07) is 19.6. The van der Waals surface area contributed by atoms with Crippen molar-refractivity contribution in [2.24, 2.45) is 0 Å². The van der Waals surface area contributed by atoms with E-state index in [-0.39, 0.29) is 5.78 Å². The third kappa shape index (κ3) is 4.40. The summed E-state index contributed by atoms with van der Waals surface area (Å²) in [5.41, 5.74) is 1.15. The number of nitrogens with zero attached hydrogens (tertiary/aromatic N) is 1. The van der Waals surface area contributed by atoms with Crippen LogP contribution in [0, 0.1) is 0 Å². The van der Waals surface area contributed by atoms with Gasteiger partial charge in [0.25, 0.3) is 0 Å². The first kappa shape index (κ1) is 14.7.